The number of hydrogen-bond acceptors (Lipinski definition) is 4. The molecule has 8 heteroatoms. The Bertz CT molecular complexity index is 587. The number of hydrogen-bond donors (Lipinski definition) is 0. The van der Waals surface area contributed by atoms with Crippen molar-refractivity contribution >= 4 is 17.7 Å². The highest BCUT2D eigenvalue weighted by atomic mass is 19.4. The molecule has 1 fully saturated rings. The number of anilines is 1. The largest absolute Gasteiger partial charge is 0.467 e. The Morgan fingerprint density at radius 3 is 2.67 bits per heavy atom. The molecule has 1 atom stereocenters. The van der Waals surface area contributed by atoms with Crippen LogP contribution in [0, 0.1) is 6.92 Å². The summed E-state index contributed by atoms with van der Waals surface area (Å²) in [6.45, 7) is 1.40. The summed E-state index contributed by atoms with van der Waals surface area (Å²) in [5.41, 5.74) is -0.795. The van der Waals surface area contributed by atoms with Crippen molar-refractivity contribution in [2.75, 3.05) is 12.0 Å². The SMILES string of the molecule is COC(=O)[C@@H]1CCC(=O)N1c1cc(C(F)(F)F)cc(C)n1. The van der Waals surface area contributed by atoms with E-state index in [1.54, 1.807) is 0 Å². The first-order valence-electron chi connectivity index (χ1n) is 6.20. The van der Waals surface area contributed by atoms with Crippen LogP contribution in [-0.4, -0.2) is 30.0 Å². The second-order valence-electron chi connectivity index (χ2n) is 4.69. The van der Waals surface area contributed by atoms with Gasteiger partial charge in [0.2, 0.25) is 5.91 Å². The highest BCUT2D eigenvalue weighted by Gasteiger charge is 2.40. The van der Waals surface area contributed by atoms with E-state index in [0.29, 0.717) is 0 Å². The fraction of sp³-hybridized carbons (Fsp3) is 0.462. The number of nitrogens with zero attached hydrogens (tertiary/aromatic N) is 2. The number of ether oxygens (including phenoxy) is 1. The van der Waals surface area contributed by atoms with Crippen LogP contribution in [0.3, 0.4) is 0 Å². The maximum atomic E-state index is 12.8. The minimum Gasteiger partial charge on any atom is -0.467 e. The van der Waals surface area contributed by atoms with Crippen molar-refractivity contribution in [2.24, 2.45) is 0 Å². The molecule has 2 heterocycles. The number of aromatic nitrogens is 1. The van der Waals surface area contributed by atoms with Gasteiger partial charge in [-0.05, 0) is 25.5 Å². The van der Waals surface area contributed by atoms with E-state index in [0.717, 1.165) is 24.1 Å². The highest BCUT2D eigenvalue weighted by Crippen LogP contribution is 2.34. The number of halogens is 3. The lowest BCUT2D eigenvalue weighted by atomic mass is 10.2. The maximum absolute atomic E-state index is 12.8. The minimum atomic E-state index is -4.55. The van der Waals surface area contributed by atoms with E-state index in [2.05, 4.69) is 9.72 Å². The molecule has 114 valence electrons. The van der Waals surface area contributed by atoms with Gasteiger partial charge in [0.05, 0.1) is 12.7 Å². The fourth-order valence-corrected chi connectivity index (χ4v) is 2.27. The molecule has 0 unspecified atom stereocenters. The minimum absolute atomic E-state index is 0.0662. The zero-order valence-electron chi connectivity index (χ0n) is 11.4. The summed E-state index contributed by atoms with van der Waals surface area (Å²) in [4.78, 5) is 28.4. The van der Waals surface area contributed by atoms with Crippen LogP contribution in [0.2, 0.25) is 0 Å². The second-order valence-corrected chi connectivity index (χ2v) is 4.69. The second kappa shape index (κ2) is 5.34. The molecule has 1 aliphatic rings. The molecular formula is C13H13F3N2O3. The molecule has 0 aliphatic carbocycles. The number of pyridine rings is 1. The van der Waals surface area contributed by atoms with Gasteiger partial charge in [-0.2, -0.15) is 13.2 Å². The summed E-state index contributed by atoms with van der Waals surface area (Å²) in [6, 6.07) is 0.724. The average molecular weight is 302 g/mol. The number of aryl methyl sites for hydroxylation is 1. The predicted octanol–water partition coefficient (Wildman–Crippen LogP) is 2.08. The smallest absolute Gasteiger partial charge is 0.416 e. The van der Waals surface area contributed by atoms with E-state index < -0.39 is 29.7 Å². The fourth-order valence-electron chi connectivity index (χ4n) is 2.27. The van der Waals surface area contributed by atoms with Crippen molar-refractivity contribution in [2.45, 2.75) is 32.0 Å². The van der Waals surface area contributed by atoms with Crippen molar-refractivity contribution in [3.63, 3.8) is 0 Å². The molecule has 1 aromatic heterocycles. The van der Waals surface area contributed by atoms with Crippen LogP contribution >= 0.6 is 0 Å². The third-order valence-corrected chi connectivity index (χ3v) is 3.20. The first kappa shape index (κ1) is 15.3. The maximum Gasteiger partial charge on any atom is 0.416 e. The first-order valence-corrected chi connectivity index (χ1v) is 6.20. The van der Waals surface area contributed by atoms with Crippen LogP contribution < -0.4 is 4.90 Å². The van der Waals surface area contributed by atoms with E-state index >= 15 is 0 Å². The van der Waals surface area contributed by atoms with Gasteiger partial charge in [0, 0.05) is 12.1 Å². The molecule has 5 nitrogen and oxygen atoms in total. The molecule has 1 aromatic rings. The van der Waals surface area contributed by atoms with E-state index in [-0.39, 0.29) is 24.4 Å². The lowest BCUT2D eigenvalue weighted by Crippen LogP contribution is -2.40. The Morgan fingerprint density at radius 1 is 1.43 bits per heavy atom. The highest BCUT2D eigenvalue weighted by molar-refractivity contribution is 6.01. The van der Waals surface area contributed by atoms with E-state index in [4.69, 9.17) is 0 Å². The Balaban J connectivity index is 2.46. The molecule has 0 radical (unpaired) electrons. The number of amides is 1. The van der Waals surface area contributed by atoms with Gasteiger partial charge in [0.25, 0.3) is 0 Å². The molecule has 0 bridgehead atoms. The molecule has 1 aliphatic heterocycles. The Kier molecular flexibility index (Phi) is 3.89. The molecule has 0 aromatic carbocycles. The Labute approximate surface area is 118 Å². The summed E-state index contributed by atoms with van der Waals surface area (Å²) in [5.74, 6) is -1.30. The summed E-state index contributed by atoms with van der Waals surface area (Å²) in [5, 5.41) is 0. The van der Waals surface area contributed by atoms with Crippen LogP contribution in [0.5, 0.6) is 0 Å². The quantitative estimate of drug-likeness (QED) is 0.785. The van der Waals surface area contributed by atoms with Gasteiger partial charge >= 0.3 is 12.1 Å². The van der Waals surface area contributed by atoms with Crippen LogP contribution in [0.1, 0.15) is 24.1 Å². The molecule has 0 spiro atoms. The first-order chi connectivity index (χ1) is 9.74. The van der Waals surface area contributed by atoms with E-state index in [1.165, 1.54) is 6.92 Å². The van der Waals surface area contributed by atoms with Gasteiger partial charge in [-0.1, -0.05) is 0 Å². The van der Waals surface area contributed by atoms with Crippen LogP contribution in [0.4, 0.5) is 19.0 Å². The van der Waals surface area contributed by atoms with Crippen LogP contribution in [0.25, 0.3) is 0 Å². The van der Waals surface area contributed by atoms with Gasteiger partial charge in [0.1, 0.15) is 11.9 Å². The lowest BCUT2D eigenvalue weighted by molar-refractivity contribution is -0.142. The van der Waals surface area contributed by atoms with Crippen molar-refractivity contribution < 1.29 is 27.5 Å². The topological polar surface area (TPSA) is 59.5 Å². The van der Waals surface area contributed by atoms with Crippen molar-refractivity contribution in [1.82, 2.24) is 4.98 Å². The molecule has 1 amide bonds. The summed E-state index contributed by atoms with van der Waals surface area (Å²) in [7, 11) is 1.16. The number of rotatable bonds is 2. The third kappa shape index (κ3) is 2.98. The average Bonchev–Trinajstić information content (AvgIpc) is 2.78. The van der Waals surface area contributed by atoms with Crippen LogP contribution in [0.15, 0.2) is 12.1 Å². The van der Waals surface area contributed by atoms with Gasteiger partial charge in [-0.25, -0.2) is 9.78 Å². The molecule has 0 saturated carbocycles. The normalized spacial score (nSPS) is 19.0. The predicted molar refractivity (Wildman–Crippen MR) is 66.5 cm³/mol. The van der Waals surface area contributed by atoms with Gasteiger partial charge < -0.3 is 4.74 Å². The van der Waals surface area contributed by atoms with Gasteiger partial charge in [-0.3, -0.25) is 9.69 Å². The van der Waals surface area contributed by atoms with Crippen molar-refractivity contribution in [3.05, 3.63) is 23.4 Å². The number of carbonyl (C=O) groups excluding carboxylic acids is 2. The van der Waals surface area contributed by atoms with Gasteiger partial charge in [0.15, 0.2) is 0 Å². The Hall–Kier alpha value is -2.12. The summed E-state index contributed by atoms with van der Waals surface area (Å²) < 4.78 is 43.1. The van der Waals surface area contributed by atoms with Crippen LogP contribution in [-0.2, 0) is 20.5 Å². The molecule has 2 rings (SSSR count). The van der Waals surface area contributed by atoms with Crippen molar-refractivity contribution in [3.8, 4) is 0 Å². The zero-order chi connectivity index (χ0) is 15.8. The van der Waals surface area contributed by atoms with E-state index in [1.807, 2.05) is 0 Å². The zero-order valence-corrected chi connectivity index (χ0v) is 11.4. The molecule has 1 saturated heterocycles. The number of methoxy groups -OCH3 is 1. The van der Waals surface area contributed by atoms with E-state index in [9.17, 15) is 22.8 Å². The summed E-state index contributed by atoms with van der Waals surface area (Å²) >= 11 is 0. The van der Waals surface area contributed by atoms with Crippen molar-refractivity contribution in [1.29, 1.82) is 0 Å². The number of carbonyl (C=O) groups is 2. The molecular weight excluding hydrogens is 289 g/mol. The number of alkyl halides is 3. The monoisotopic (exact) mass is 302 g/mol. The number of esters is 1. The summed E-state index contributed by atoms with van der Waals surface area (Å²) in [6.07, 6.45) is -4.29. The molecule has 0 N–H and O–H groups in total. The Morgan fingerprint density at radius 2 is 2.10 bits per heavy atom. The molecule has 21 heavy (non-hydrogen) atoms. The third-order valence-electron chi connectivity index (χ3n) is 3.20. The lowest BCUT2D eigenvalue weighted by Gasteiger charge is -2.23. The standard InChI is InChI=1S/C13H13F3N2O3/c1-7-5-8(13(14,15)16)6-10(17-7)18-9(12(20)21-2)3-4-11(18)19/h5-6,9H,3-4H2,1-2H3/t9-/m0/s1. The van der Waals surface area contributed by atoms with Gasteiger partial charge in [-0.15, -0.1) is 0 Å².